The maximum absolute atomic E-state index is 2.39. The number of hydrogen-bond donors (Lipinski definition) is 0. The van der Waals surface area contributed by atoms with Crippen molar-refractivity contribution in [2.24, 2.45) is 0 Å². The van der Waals surface area contributed by atoms with Crippen LogP contribution in [0.5, 0.6) is 0 Å². The van der Waals surface area contributed by atoms with E-state index in [4.69, 9.17) is 0 Å². The van der Waals surface area contributed by atoms with Gasteiger partial charge in [-0.3, -0.25) is 0 Å². The van der Waals surface area contributed by atoms with Gasteiger partial charge in [-0.05, 0) is 64.2 Å². The van der Waals surface area contributed by atoms with Gasteiger partial charge in [0.05, 0.1) is 0 Å². The third-order valence-corrected chi connectivity index (χ3v) is 5.70. The zero-order valence-corrected chi connectivity index (χ0v) is 13.2. The molecule has 1 aromatic carbocycles. The quantitative estimate of drug-likeness (QED) is 0.669. The number of benzene rings is 1. The number of fused-ring (bicyclic) bond motifs is 1. The van der Waals surface area contributed by atoms with Crippen LogP contribution in [-0.4, -0.2) is 8.41 Å². The largest absolute Gasteiger partial charge is 0.0798 e. The first-order chi connectivity index (χ1) is 9.09. The van der Waals surface area contributed by atoms with Crippen molar-refractivity contribution < 1.29 is 0 Å². The maximum atomic E-state index is 2.39. The average Bonchev–Trinajstić information content (AvgIpc) is 2.93. The molecule has 1 aromatic rings. The summed E-state index contributed by atoms with van der Waals surface area (Å²) in [6.07, 6.45) is 8.01. The SMILES string of the molecule is CC1=C(C2=Cc3cccc(=[Si](C)C)c3=C2C)CC=C1. The highest BCUT2D eigenvalue weighted by Gasteiger charge is 2.18. The van der Waals surface area contributed by atoms with Crippen LogP contribution in [0.15, 0.2) is 47.1 Å². The van der Waals surface area contributed by atoms with E-state index in [0.29, 0.717) is 0 Å². The zero-order valence-electron chi connectivity index (χ0n) is 12.2. The summed E-state index contributed by atoms with van der Waals surface area (Å²) in [5.41, 5.74) is 7.31. The Morgan fingerprint density at radius 2 is 1.89 bits per heavy atom. The van der Waals surface area contributed by atoms with Gasteiger partial charge in [-0.15, -0.1) is 0 Å². The predicted octanol–water partition coefficient (Wildman–Crippen LogP) is 4.12. The zero-order chi connectivity index (χ0) is 13.6. The second-order valence-electron chi connectivity index (χ2n) is 5.72. The molecule has 0 saturated carbocycles. The highest BCUT2D eigenvalue weighted by atomic mass is 28.2. The van der Waals surface area contributed by atoms with E-state index >= 15 is 0 Å². The minimum Gasteiger partial charge on any atom is -0.0798 e. The van der Waals surface area contributed by atoms with Crippen molar-refractivity contribution in [1.82, 2.24) is 0 Å². The minimum atomic E-state index is -0.414. The van der Waals surface area contributed by atoms with E-state index < -0.39 is 8.41 Å². The van der Waals surface area contributed by atoms with Crippen LogP contribution >= 0.6 is 0 Å². The minimum absolute atomic E-state index is 0.414. The van der Waals surface area contributed by atoms with Crippen LogP contribution in [0.2, 0.25) is 13.1 Å². The molecule has 0 nitrogen and oxygen atoms in total. The van der Waals surface area contributed by atoms with Gasteiger partial charge in [0.15, 0.2) is 0 Å². The predicted molar refractivity (Wildman–Crippen MR) is 85.9 cm³/mol. The topological polar surface area (TPSA) is 0 Å². The fourth-order valence-corrected chi connectivity index (χ4v) is 4.44. The third-order valence-electron chi connectivity index (χ3n) is 4.21. The van der Waals surface area contributed by atoms with Crippen molar-refractivity contribution in [3.63, 3.8) is 0 Å². The van der Waals surface area contributed by atoms with E-state index in [9.17, 15) is 0 Å². The summed E-state index contributed by atoms with van der Waals surface area (Å²) in [6.45, 7) is 9.29. The smallest absolute Gasteiger partial charge is 0.0136 e. The Morgan fingerprint density at radius 3 is 2.53 bits per heavy atom. The summed E-state index contributed by atoms with van der Waals surface area (Å²) >= 11 is 0. The van der Waals surface area contributed by atoms with E-state index in [2.05, 4.69) is 63.4 Å². The summed E-state index contributed by atoms with van der Waals surface area (Å²) < 4.78 is 0. The van der Waals surface area contributed by atoms with Crippen LogP contribution < -0.4 is 5.22 Å². The molecule has 0 aliphatic heterocycles. The molecule has 19 heavy (non-hydrogen) atoms. The lowest BCUT2D eigenvalue weighted by Crippen LogP contribution is -2.12. The highest BCUT2D eigenvalue weighted by molar-refractivity contribution is 6.47. The highest BCUT2D eigenvalue weighted by Crippen LogP contribution is 2.33. The monoisotopic (exact) mass is 264 g/mol. The first kappa shape index (κ1) is 12.6. The molecule has 0 amide bonds. The molecule has 2 aliphatic carbocycles. The van der Waals surface area contributed by atoms with Crippen LogP contribution in [-0.2, 0) is 0 Å². The van der Waals surface area contributed by atoms with Gasteiger partial charge in [0.1, 0.15) is 0 Å². The first-order valence-electron chi connectivity index (χ1n) is 6.96. The summed E-state index contributed by atoms with van der Waals surface area (Å²) in [7, 11) is -0.414. The van der Waals surface area contributed by atoms with Gasteiger partial charge in [0.25, 0.3) is 0 Å². The molecule has 0 spiro atoms. The normalized spacial score (nSPS) is 17.1. The van der Waals surface area contributed by atoms with Crippen LogP contribution in [0.1, 0.15) is 25.8 Å². The summed E-state index contributed by atoms with van der Waals surface area (Å²) in [4.78, 5) is 1.58. The Balaban J connectivity index is 2.30. The van der Waals surface area contributed by atoms with E-state index in [0.717, 1.165) is 6.42 Å². The number of hydrogen-bond acceptors (Lipinski definition) is 0. The molecule has 0 radical (unpaired) electrons. The average molecular weight is 264 g/mol. The van der Waals surface area contributed by atoms with Crippen LogP contribution in [0.4, 0.5) is 0 Å². The third kappa shape index (κ3) is 1.93. The van der Waals surface area contributed by atoms with Crippen molar-refractivity contribution >= 4 is 20.1 Å². The number of allylic oxidation sites excluding steroid dienone is 5. The van der Waals surface area contributed by atoms with Crippen molar-refractivity contribution in [2.75, 3.05) is 0 Å². The van der Waals surface area contributed by atoms with E-state index in [1.54, 1.807) is 4.81 Å². The van der Waals surface area contributed by atoms with Crippen molar-refractivity contribution in [3.8, 4) is 0 Å². The summed E-state index contributed by atoms with van der Waals surface area (Å²) in [5.74, 6) is 0. The van der Waals surface area contributed by atoms with Crippen molar-refractivity contribution in [1.29, 1.82) is 0 Å². The summed E-state index contributed by atoms with van der Waals surface area (Å²) in [6, 6.07) is 6.80. The molecule has 0 aromatic heterocycles. The molecule has 2 aliphatic rings. The van der Waals surface area contributed by atoms with Gasteiger partial charge in [-0.2, -0.15) is 0 Å². The van der Waals surface area contributed by atoms with Gasteiger partial charge in [0.2, 0.25) is 0 Å². The lowest BCUT2D eigenvalue weighted by atomic mass is 9.97. The Kier molecular flexibility index (Phi) is 3.02. The number of rotatable bonds is 1. The standard InChI is InChI=1S/C18H20Si/c1-12-7-5-9-15(12)16-11-14-8-6-10-17(19(3)4)18(14)13(16)2/h5-8,10-11H,9H2,1-4H3. The van der Waals surface area contributed by atoms with Gasteiger partial charge in [0, 0.05) is 8.41 Å². The Morgan fingerprint density at radius 1 is 1.11 bits per heavy atom. The second kappa shape index (κ2) is 4.57. The van der Waals surface area contributed by atoms with Crippen molar-refractivity contribution in [3.05, 3.63) is 62.7 Å². The Bertz CT molecular complexity index is 766. The molecule has 3 rings (SSSR count). The fraction of sp³-hybridized carbons (Fsp3) is 0.278. The molecule has 0 saturated heterocycles. The van der Waals surface area contributed by atoms with Gasteiger partial charge >= 0.3 is 0 Å². The molecule has 96 valence electrons. The fourth-order valence-electron chi connectivity index (χ4n) is 3.18. The molecule has 0 bridgehead atoms. The molecule has 0 fully saturated rings. The van der Waals surface area contributed by atoms with E-state index in [-0.39, 0.29) is 0 Å². The molecule has 1 heteroatoms. The first-order valence-corrected chi connectivity index (χ1v) is 9.46. The molecular weight excluding hydrogens is 244 g/mol. The van der Waals surface area contributed by atoms with Crippen molar-refractivity contribution in [2.45, 2.75) is 33.4 Å². The van der Waals surface area contributed by atoms with Crippen LogP contribution in [0.3, 0.4) is 0 Å². The van der Waals surface area contributed by atoms with Crippen LogP contribution in [0, 0.1) is 4.81 Å². The summed E-state index contributed by atoms with van der Waals surface area (Å²) in [5, 5.41) is 1.52. The molecule has 0 heterocycles. The molecular formula is C18H20Si. The second-order valence-corrected chi connectivity index (χ2v) is 8.26. The lowest BCUT2D eigenvalue weighted by molar-refractivity contribution is 1.26. The van der Waals surface area contributed by atoms with E-state index in [1.165, 1.54) is 33.1 Å². The van der Waals surface area contributed by atoms with Crippen LogP contribution in [0.25, 0.3) is 11.6 Å². The Hall–Kier alpha value is -1.47. The van der Waals surface area contributed by atoms with Gasteiger partial charge in [-0.1, -0.05) is 43.4 Å². The lowest BCUT2D eigenvalue weighted by Gasteiger charge is -2.07. The van der Waals surface area contributed by atoms with Gasteiger partial charge < -0.3 is 0 Å². The van der Waals surface area contributed by atoms with E-state index in [1.807, 2.05) is 0 Å². The van der Waals surface area contributed by atoms with Gasteiger partial charge in [-0.25, -0.2) is 0 Å². The Labute approximate surface area is 116 Å². The maximum Gasteiger partial charge on any atom is 0.0136 e. The molecule has 0 atom stereocenters. The molecule has 0 N–H and O–H groups in total. The molecule has 0 unspecified atom stereocenters.